The van der Waals surface area contributed by atoms with Crippen LogP contribution in [0.4, 0.5) is 0 Å². The van der Waals surface area contributed by atoms with Crippen molar-refractivity contribution in [1.29, 1.82) is 0 Å². The van der Waals surface area contributed by atoms with Crippen LogP contribution in [0.3, 0.4) is 0 Å². The van der Waals surface area contributed by atoms with Crippen molar-refractivity contribution in [1.82, 2.24) is 5.32 Å². The molecule has 2 atom stereocenters. The summed E-state index contributed by atoms with van der Waals surface area (Å²) in [6.45, 7) is 0. The first-order chi connectivity index (χ1) is 12.4. The lowest BCUT2D eigenvalue weighted by Gasteiger charge is -2.28. The molecular weight excluding hydrogens is 393 g/mol. The van der Waals surface area contributed by atoms with E-state index >= 15 is 0 Å². The van der Waals surface area contributed by atoms with E-state index in [9.17, 15) is 9.59 Å². The number of nitrogens with one attached hydrogen (secondary N) is 1. The van der Waals surface area contributed by atoms with Gasteiger partial charge in [0, 0.05) is 15.1 Å². The van der Waals surface area contributed by atoms with Crippen molar-refractivity contribution in [3.8, 4) is 0 Å². The number of amides is 2. The van der Waals surface area contributed by atoms with Crippen LogP contribution in [0.25, 0.3) is 11.1 Å². The number of halogens is 3. The Labute approximate surface area is 165 Å². The van der Waals surface area contributed by atoms with Crippen molar-refractivity contribution in [2.24, 2.45) is 11.8 Å². The van der Waals surface area contributed by atoms with Gasteiger partial charge < -0.3 is 0 Å². The highest BCUT2D eigenvalue weighted by molar-refractivity contribution is 6.36. The third-order valence-electron chi connectivity index (χ3n) is 5.07. The average molecular weight is 407 g/mol. The smallest absolute Gasteiger partial charge is 0.230 e. The minimum atomic E-state index is -0.361. The Morgan fingerprint density at radius 1 is 0.769 bits per heavy atom. The van der Waals surface area contributed by atoms with Crippen LogP contribution in [-0.4, -0.2) is 11.8 Å². The molecule has 0 radical (unpaired) electrons. The molecule has 0 saturated carbocycles. The lowest BCUT2D eigenvalue weighted by Crippen LogP contribution is -2.23. The monoisotopic (exact) mass is 405 g/mol. The Bertz CT molecular complexity index is 950. The molecule has 2 amide bonds. The molecule has 3 nitrogen and oxygen atoms in total. The van der Waals surface area contributed by atoms with E-state index in [0.717, 1.165) is 22.3 Å². The van der Waals surface area contributed by atoms with Gasteiger partial charge in [-0.2, -0.15) is 0 Å². The van der Waals surface area contributed by atoms with Gasteiger partial charge in [0.15, 0.2) is 0 Å². The van der Waals surface area contributed by atoms with Crippen molar-refractivity contribution in [2.75, 3.05) is 0 Å². The fraction of sp³-hybridized carbons (Fsp3) is 0.200. The summed E-state index contributed by atoms with van der Waals surface area (Å²) in [6, 6.07) is 12.8. The van der Waals surface area contributed by atoms with Crippen LogP contribution in [0.5, 0.6) is 0 Å². The molecule has 1 saturated heterocycles. The van der Waals surface area contributed by atoms with Crippen molar-refractivity contribution < 1.29 is 9.59 Å². The molecule has 0 aromatic heterocycles. The van der Waals surface area contributed by atoms with Gasteiger partial charge in [0.25, 0.3) is 0 Å². The third kappa shape index (κ3) is 3.05. The summed E-state index contributed by atoms with van der Waals surface area (Å²) in [5.74, 6) is -1.12. The Balaban J connectivity index is 1.89. The van der Waals surface area contributed by atoms with E-state index in [1.807, 2.05) is 30.3 Å². The van der Waals surface area contributed by atoms with Crippen LogP contribution in [-0.2, 0) is 9.59 Å². The van der Waals surface area contributed by atoms with E-state index in [4.69, 9.17) is 34.8 Å². The molecule has 1 aliphatic heterocycles. The predicted octanol–water partition coefficient (Wildman–Crippen LogP) is 5.24. The highest BCUT2D eigenvalue weighted by Gasteiger charge is 2.45. The molecule has 6 heteroatoms. The number of allylic oxidation sites excluding steroid dienone is 2. The zero-order valence-electron chi connectivity index (χ0n) is 13.6. The molecule has 0 unspecified atom stereocenters. The highest BCUT2D eigenvalue weighted by atomic mass is 35.5. The maximum Gasteiger partial charge on any atom is 0.230 e. The van der Waals surface area contributed by atoms with E-state index in [-0.39, 0.29) is 23.7 Å². The topological polar surface area (TPSA) is 46.2 Å². The van der Waals surface area contributed by atoms with Crippen LogP contribution < -0.4 is 5.32 Å². The second-order valence-electron chi connectivity index (χ2n) is 6.56. The number of carbonyl (C=O) groups is 2. The molecule has 1 heterocycles. The van der Waals surface area contributed by atoms with Gasteiger partial charge in [-0.15, -0.1) is 0 Å². The quantitative estimate of drug-likeness (QED) is 0.693. The zero-order valence-corrected chi connectivity index (χ0v) is 15.8. The number of imide groups is 1. The summed E-state index contributed by atoms with van der Waals surface area (Å²) < 4.78 is 0. The second-order valence-corrected chi connectivity index (χ2v) is 7.84. The molecular formula is C20H14Cl3NO2. The first-order valence-electron chi connectivity index (χ1n) is 8.22. The molecule has 0 spiro atoms. The molecule has 0 bridgehead atoms. The minimum Gasteiger partial charge on any atom is -0.296 e. The third-order valence-corrected chi connectivity index (χ3v) is 5.87. The Hall–Kier alpha value is -1.81. The standard InChI is InChI=1S/C20H14Cl3NO2/c21-11-3-1-10(2-4-11)14-8-16-17(20(26)24-19(16)25)9-15(14)13-6-5-12(22)7-18(13)23/h1-7,16-17H,8-9H2,(H,24,25,26)/t16-,17+/m0/s1. The van der Waals surface area contributed by atoms with Crippen LogP contribution in [0.15, 0.2) is 42.5 Å². The summed E-state index contributed by atoms with van der Waals surface area (Å²) in [5.41, 5.74) is 3.80. The number of hydrogen-bond acceptors (Lipinski definition) is 2. The normalized spacial score (nSPS) is 22.4. The predicted molar refractivity (Wildman–Crippen MR) is 104 cm³/mol. The van der Waals surface area contributed by atoms with Crippen molar-refractivity contribution >= 4 is 57.8 Å². The second kappa shape index (κ2) is 6.73. The number of benzene rings is 2. The molecule has 2 aromatic carbocycles. The molecule has 2 aromatic rings. The zero-order chi connectivity index (χ0) is 18.4. The van der Waals surface area contributed by atoms with Gasteiger partial charge in [-0.1, -0.05) is 53.0 Å². The molecule has 1 N–H and O–H groups in total. The van der Waals surface area contributed by atoms with E-state index in [1.54, 1.807) is 12.1 Å². The summed E-state index contributed by atoms with van der Waals surface area (Å²) in [4.78, 5) is 24.4. The van der Waals surface area contributed by atoms with Crippen LogP contribution >= 0.6 is 34.8 Å². The van der Waals surface area contributed by atoms with Gasteiger partial charge in [0.1, 0.15) is 0 Å². The first-order valence-corrected chi connectivity index (χ1v) is 9.35. The first kappa shape index (κ1) is 17.6. The van der Waals surface area contributed by atoms with Crippen LogP contribution in [0.2, 0.25) is 15.1 Å². The minimum absolute atomic E-state index is 0.201. The molecule has 132 valence electrons. The highest BCUT2D eigenvalue weighted by Crippen LogP contribution is 2.47. The van der Waals surface area contributed by atoms with E-state index in [2.05, 4.69) is 5.32 Å². The lowest BCUT2D eigenvalue weighted by atomic mass is 9.73. The van der Waals surface area contributed by atoms with Gasteiger partial charge in [-0.05, 0) is 59.4 Å². The summed E-state index contributed by atoms with van der Waals surface area (Å²) >= 11 is 18.5. The van der Waals surface area contributed by atoms with E-state index in [0.29, 0.717) is 27.9 Å². The largest absolute Gasteiger partial charge is 0.296 e. The Morgan fingerprint density at radius 3 is 1.96 bits per heavy atom. The molecule has 2 aliphatic rings. The molecule has 1 fully saturated rings. The van der Waals surface area contributed by atoms with Crippen LogP contribution in [0, 0.1) is 11.8 Å². The number of carbonyl (C=O) groups excluding carboxylic acids is 2. The Kier molecular flexibility index (Phi) is 4.55. The van der Waals surface area contributed by atoms with Gasteiger partial charge in [-0.3, -0.25) is 14.9 Å². The van der Waals surface area contributed by atoms with Crippen LogP contribution in [0.1, 0.15) is 24.0 Å². The SMILES string of the molecule is O=C1NC(=O)[C@@H]2CC(c3ccc(Cl)cc3Cl)=C(c3ccc(Cl)cc3)C[C@H]12. The summed E-state index contributed by atoms with van der Waals surface area (Å²) in [5, 5.41) is 4.18. The summed E-state index contributed by atoms with van der Waals surface area (Å²) in [7, 11) is 0. The summed E-state index contributed by atoms with van der Waals surface area (Å²) in [6.07, 6.45) is 0.944. The number of hydrogen-bond donors (Lipinski definition) is 1. The van der Waals surface area contributed by atoms with Gasteiger partial charge in [0.05, 0.1) is 11.8 Å². The fourth-order valence-corrected chi connectivity index (χ4v) is 4.43. The fourth-order valence-electron chi connectivity index (χ4n) is 3.78. The molecule has 26 heavy (non-hydrogen) atoms. The maximum atomic E-state index is 12.2. The molecule has 4 rings (SSSR count). The number of rotatable bonds is 2. The van der Waals surface area contributed by atoms with E-state index in [1.165, 1.54) is 0 Å². The molecule has 1 aliphatic carbocycles. The maximum absolute atomic E-state index is 12.2. The number of fused-ring (bicyclic) bond motifs is 1. The van der Waals surface area contributed by atoms with Crippen molar-refractivity contribution in [2.45, 2.75) is 12.8 Å². The lowest BCUT2D eigenvalue weighted by molar-refractivity contribution is -0.126. The van der Waals surface area contributed by atoms with Gasteiger partial charge in [-0.25, -0.2) is 0 Å². The average Bonchev–Trinajstić information content (AvgIpc) is 2.88. The van der Waals surface area contributed by atoms with Crippen molar-refractivity contribution in [3.05, 3.63) is 68.7 Å². The van der Waals surface area contributed by atoms with Crippen molar-refractivity contribution in [3.63, 3.8) is 0 Å². The van der Waals surface area contributed by atoms with Gasteiger partial charge >= 0.3 is 0 Å². The van der Waals surface area contributed by atoms with E-state index < -0.39 is 0 Å². The Morgan fingerprint density at radius 2 is 1.35 bits per heavy atom. The van der Waals surface area contributed by atoms with Gasteiger partial charge in [0.2, 0.25) is 11.8 Å².